The minimum absolute atomic E-state index is 0.318. The van der Waals surface area contributed by atoms with Crippen LogP contribution in [0.5, 0.6) is 11.5 Å². The SMILES string of the molecule is CCCCCNC(=S)NCC(O)C(N)CC(Cc1ccc(OC)c(OCCCOC)c1)C(C)C. The van der Waals surface area contributed by atoms with E-state index in [1.165, 1.54) is 18.4 Å². The van der Waals surface area contributed by atoms with Crippen LogP contribution in [0.15, 0.2) is 18.2 Å². The normalized spacial score (nSPS) is 13.9. The topological polar surface area (TPSA) is 98.0 Å². The number of aliphatic hydroxyl groups excluding tert-OH is 1. The summed E-state index contributed by atoms with van der Waals surface area (Å²) >= 11 is 5.30. The number of nitrogens with one attached hydrogen (secondary N) is 2. The Kier molecular flexibility index (Phi) is 15.9. The zero-order valence-corrected chi connectivity index (χ0v) is 22.6. The molecule has 0 bridgehead atoms. The minimum Gasteiger partial charge on any atom is -0.493 e. The fourth-order valence-electron chi connectivity index (χ4n) is 3.73. The first-order valence-corrected chi connectivity index (χ1v) is 13.0. The molecule has 1 rings (SSSR count). The smallest absolute Gasteiger partial charge is 0.166 e. The van der Waals surface area contributed by atoms with Crippen molar-refractivity contribution in [3.05, 3.63) is 23.8 Å². The lowest BCUT2D eigenvalue weighted by Gasteiger charge is -2.28. The summed E-state index contributed by atoms with van der Waals surface area (Å²) < 4.78 is 16.5. The molecular weight excluding hydrogens is 450 g/mol. The third-order valence-corrected chi connectivity index (χ3v) is 6.31. The largest absolute Gasteiger partial charge is 0.493 e. The first-order chi connectivity index (χ1) is 16.3. The predicted octanol–water partition coefficient (Wildman–Crippen LogP) is 3.66. The van der Waals surface area contributed by atoms with E-state index in [0.29, 0.717) is 43.1 Å². The van der Waals surface area contributed by atoms with Crippen LogP contribution in [0.4, 0.5) is 0 Å². The molecule has 0 fully saturated rings. The Bertz CT molecular complexity index is 690. The second kappa shape index (κ2) is 17.8. The first-order valence-electron chi connectivity index (χ1n) is 12.6. The summed E-state index contributed by atoms with van der Waals surface area (Å²) in [6.45, 7) is 8.98. The van der Waals surface area contributed by atoms with Gasteiger partial charge in [0, 0.05) is 39.3 Å². The van der Waals surface area contributed by atoms with Gasteiger partial charge in [0.05, 0.1) is 19.8 Å². The Morgan fingerprint density at radius 1 is 1.09 bits per heavy atom. The molecule has 0 aliphatic heterocycles. The molecule has 0 spiro atoms. The zero-order chi connectivity index (χ0) is 25.3. The molecule has 0 aliphatic carbocycles. The van der Waals surface area contributed by atoms with Crippen LogP contribution in [0, 0.1) is 11.8 Å². The second-order valence-electron chi connectivity index (χ2n) is 9.20. The van der Waals surface area contributed by atoms with E-state index in [-0.39, 0.29) is 6.04 Å². The molecule has 0 saturated carbocycles. The van der Waals surface area contributed by atoms with Crippen molar-refractivity contribution in [2.24, 2.45) is 17.6 Å². The van der Waals surface area contributed by atoms with Crippen molar-refractivity contribution in [3.63, 3.8) is 0 Å². The average molecular weight is 498 g/mol. The van der Waals surface area contributed by atoms with Crippen molar-refractivity contribution in [2.45, 2.75) is 71.4 Å². The molecule has 0 saturated heterocycles. The number of ether oxygens (including phenoxy) is 3. The molecule has 3 unspecified atom stereocenters. The molecule has 0 amide bonds. The fourth-order valence-corrected chi connectivity index (χ4v) is 3.92. The highest BCUT2D eigenvalue weighted by Crippen LogP contribution is 2.31. The molecule has 0 aromatic heterocycles. The summed E-state index contributed by atoms with van der Waals surface area (Å²) in [5.41, 5.74) is 7.56. The Labute approximate surface area is 212 Å². The lowest BCUT2D eigenvalue weighted by Crippen LogP contribution is -2.47. The highest BCUT2D eigenvalue weighted by atomic mass is 32.1. The van der Waals surface area contributed by atoms with Gasteiger partial charge in [-0.3, -0.25) is 0 Å². The number of unbranched alkanes of at least 4 members (excludes halogenated alkanes) is 2. The van der Waals surface area contributed by atoms with Crippen molar-refractivity contribution in [2.75, 3.05) is 40.5 Å². The molecule has 34 heavy (non-hydrogen) atoms. The van der Waals surface area contributed by atoms with Gasteiger partial charge in [0.15, 0.2) is 16.6 Å². The molecule has 0 heterocycles. The predicted molar refractivity (Wildman–Crippen MR) is 144 cm³/mol. The number of thiocarbonyl (C=S) groups is 1. The Balaban J connectivity index is 2.63. The molecular formula is C26H47N3O4S. The monoisotopic (exact) mass is 497 g/mol. The van der Waals surface area contributed by atoms with Crippen LogP contribution >= 0.6 is 12.2 Å². The van der Waals surface area contributed by atoms with Crippen LogP contribution in [0.25, 0.3) is 0 Å². The van der Waals surface area contributed by atoms with Crippen LogP contribution in [0.1, 0.15) is 58.4 Å². The third kappa shape index (κ3) is 12.2. The number of aliphatic hydroxyl groups is 1. The van der Waals surface area contributed by atoms with Crippen LogP contribution in [0.3, 0.4) is 0 Å². The van der Waals surface area contributed by atoms with E-state index in [0.717, 1.165) is 37.3 Å². The van der Waals surface area contributed by atoms with Gasteiger partial charge in [-0.2, -0.15) is 0 Å². The Hall–Kier alpha value is -1.61. The van der Waals surface area contributed by atoms with Crippen molar-refractivity contribution >= 4 is 17.3 Å². The van der Waals surface area contributed by atoms with Crippen molar-refractivity contribution in [1.82, 2.24) is 10.6 Å². The number of rotatable bonds is 18. The van der Waals surface area contributed by atoms with Crippen molar-refractivity contribution in [3.8, 4) is 11.5 Å². The lowest BCUT2D eigenvalue weighted by atomic mass is 9.83. The highest BCUT2D eigenvalue weighted by Gasteiger charge is 2.23. The van der Waals surface area contributed by atoms with Gasteiger partial charge in [-0.15, -0.1) is 0 Å². The maximum Gasteiger partial charge on any atom is 0.166 e. The third-order valence-electron chi connectivity index (χ3n) is 6.03. The summed E-state index contributed by atoms with van der Waals surface area (Å²) in [6.07, 6.45) is 5.14. The van der Waals surface area contributed by atoms with E-state index in [1.54, 1.807) is 14.2 Å². The summed E-state index contributed by atoms with van der Waals surface area (Å²) in [4.78, 5) is 0. The molecule has 3 atom stereocenters. The second-order valence-corrected chi connectivity index (χ2v) is 9.61. The molecule has 8 heteroatoms. The molecule has 196 valence electrons. The van der Waals surface area contributed by atoms with E-state index >= 15 is 0 Å². The van der Waals surface area contributed by atoms with Gasteiger partial charge in [0.25, 0.3) is 0 Å². The lowest BCUT2D eigenvalue weighted by molar-refractivity contribution is 0.129. The van der Waals surface area contributed by atoms with E-state index in [1.807, 2.05) is 12.1 Å². The van der Waals surface area contributed by atoms with Gasteiger partial charge in [0.2, 0.25) is 0 Å². The molecule has 5 N–H and O–H groups in total. The molecule has 0 aliphatic rings. The van der Waals surface area contributed by atoms with Gasteiger partial charge in [-0.05, 0) is 61.0 Å². The number of hydrogen-bond donors (Lipinski definition) is 4. The quantitative estimate of drug-likeness (QED) is 0.180. The van der Waals surface area contributed by atoms with Gasteiger partial charge in [-0.1, -0.05) is 39.7 Å². The van der Waals surface area contributed by atoms with E-state index < -0.39 is 6.10 Å². The number of benzene rings is 1. The molecule has 1 aromatic carbocycles. The maximum atomic E-state index is 10.6. The van der Waals surface area contributed by atoms with Crippen LogP contribution in [-0.4, -0.2) is 62.9 Å². The zero-order valence-electron chi connectivity index (χ0n) is 21.8. The average Bonchev–Trinajstić information content (AvgIpc) is 2.82. The van der Waals surface area contributed by atoms with Crippen molar-refractivity contribution in [1.29, 1.82) is 0 Å². The van der Waals surface area contributed by atoms with Crippen molar-refractivity contribution < 1.29 is 19.3 Å². The number of nitrogens with two attached hydrogens (primary N) is 1. The number of hydrogen-bond acceptors (Lipinski definition) is 6. The van der Waals surface area contributed by atoms with Crippen LogP contribution in [0.2, 0.25) is 0 Å². The van der Waals surface area contributed by atoms with Gasteiger partial charge in [-0.25, -0.2) is 0 Å². The summed E-state index contributed by atoms with van der Waals surface area (Å²) in [6, 6.07) is 5.73. The molecule has 7 nitrogen and oxygen atoms in total. The maximum absolute atomic E-state index is 10.6. The van der Waals surface area contributed by atoms with Gasteiger partial charge < -0.3 is 35.7 Å². The Morgan fingerprint density at radius 3 is 2.50 bits per heavy atom. The van der Waals surface area contributed by atoms with Crippen LogP contribution < -0.4 is 25.8 Å². The van der Waals surface area contributed by atoms with Crippen LogP contribution in [-0.2, 0) is 11.2 Å². The minimum atomic E-state index is -0.674. The fraction of sp³-hybridized carbons (Fsp3) is 0.731. The summed E-state index contributed by atoms with van der Waals surface area (Å²) in [7, 11) is 3.33. The Morgan fingerprint density at radius 2 is 1.85 bits per heavy atom. The first kappa shape index (κ1) is 30.4. The molecule has 1 aromatic rings. The van der Waals surface area contributed by atoms with E-state index in [2.05, 4.69) is 37.5 Å². The standard InChI is InChI=1S/C26H47N3O4S/c1-6-7-8-12-28-26(34)29-18-23(30)22(27)17-21(19(2)3)15-20-10-11-24(32-5)25(16-20)33-14-9-13-31-4/h10-11,16,19,21-23,30H,6-9,12-15,17-18,27H2,1-5H3,(H2,28,29,34). The van der Waals surface area contributed by atoms with Gasteiger partial charge >= 0.3 is 0 Å². The van der Waals surface area contributed by atoms with E-state index in [4.69, 9.17) is 32.2 Å². The van der Waals surface area contributed by atoms with Gasteiger partial charge in [0.1, 0.15) is 0 Å². The summed E-state index contributed by atoms with van der Waals surface area (Å²) in [5.74, 6) is 2.20. The summed E-state index contributed by atoms with van der Waals surface area (Å²) in [5, 5.41) is 17.4. The molecule has 0 radical (unpaired) electrons. The highest BCUT2D eigenvalue weighted by molar-refractivity contribution is 7.80. The van der Waals surface area contributed by atoms with E-state index in [9.17, 15) is 5.11 Å². The number of methoxy groups -OCH3 is 2.